The number of nitrogens with two attached hydrogens (primary N) is 1. The minimum absolute atomic E-state index is 0.282. The zero-order valence-electron chi connectivity index (χ0n) is 11.4. The molecule has 1 heterocycles. The Hall–Kier alpha value is -3.23. The SMILES string of the molecule is COc1ccc(NC(=O)c2cc([N+](=O)[O-])c(N)cc2F)cn1. The van der Waals surface area contributed by atoms with Gasteiger partial charge in [0, 0.05) is 18.2 Å². The second-order valence-electron chi connectivity index (χ2n) is 4.19. The lowest BCUT2D eigenvalue weighted by Gasteiger charge is -2.07. The molecular weight excluding hydrogens is 295 g/mol. The highest BCUT2D eigenvalue weighted by Crippen LogP contribution is 2.25. The highest BCUT2D eigenvalue weighted by Gasteiger charge is 2.20. The molecule has 8 nitrogen and oxygen atoms in total. The molecule has 1 aromatic heterocycles. The average Bonchev–Trinajstić information content (AvgIpc) is 2.47. The van der Waals surface area contributed by atoms with Gasteiger partial charge in [0.2, 0.25) is 5.88 Å². The van der Waals surface area contributed by atoms with Gasteiger partial charge in [0.1, 0.15) is 11.5 Å². The Kier molecular flexibility index (Phi) is 4.16. The van der Waals surface area contributed by atoms with Crippen molar-refractivity contribution in [2.24, 2.45) is 0 Å². The maximum absolute atomic E-state index is 13.8. The van der Waals surface area contributed by atoms with E-state index in [4.69, 9.17) is 10.5 Å². The van der Waals surface area contributed by atoms with Gasteiger partial charge >= 0.3 is 0 Å². The highest BCUT2D eigenvalue weighted by atomic mass is 19.1. The third-order valence-corrected chi connectivity index (χ3v) is 2.76. The molecule has 1 aromatic carbocycles. The van der Waals surface area contributed by atoms with Gasteiger partial charge in [-0.2, -0.15) is 0 Å². The molecule has 22 heavy (non-hydrogen) atoms. The van der Waals surface area contributed by atoms with Crippen molar-refractivity contribution in [2.45, 2.75) is 0 Å². The van der Waals surface area contributed by atoms with Gasteiger partial charge in [0.05, 0.1) is 29.5 Å². The second-order valence-corrected chi connectivity index (χ2v) is 4.19. The molecule has 2 aromatic rings. The summed E-state index contributed by atoms with van der Waals surface area (Å²) in [6.07, 6.45) is 1.31. The van der Waals surface area contributed by atoms with Crippen LogP contribution in [0.3, 0.4) is 0 Å². The third kappa shape index (κ3) is 3.08. The number of benzene rings is 1. The lowest BCUT2D eigenvalue weighted by molar-refractivity contribution is -0.384. The summed E-state index contributed by atoms with van der Waals surface area (Å²) in [4.78, 5) is 25.9. The molecule has 2 rings (SSSR count). The van der Waals surface area contributed by atoms with Gasteiger partial charge in [-0.05, 0) is 6.07 Å². The van der Waals surface area contributed by atoms with E-state index in [0.717, 1.165) is 12.1 Å². The fourth-order valence-electron chi connectivity index (χ4n) is 1.68. The number of anilines is 2. The summed E-state index contributed by atoms with van der Waals surface area (Å²) < 4.78 is 18.6. The molecule has 3 N–H and O–H groups in total. The number of amides is 1. The molecular formula is C13H11FN4O4. The largest absolute Gasteiger partial charge is 0.481 e. The molecule has 0 saturated heterocycles. The molecule has 0 aliphatic rings. The first-order valence-corrected chi connectivity index (χ1v) is 5.97. The molecule has 0 unspecified atom stereocenters. The van der Waals surface area contributed by atoms with E-state index in [0.29, 0.717) is 5.88 Å². The Labute approximate surface area is 123 Å². The van der Waals surface area contributed by atoms with Gasteiger partial charge < -0.3 is 15.8 Å². The number of hydrogen-bond acceptors (Lipinski definition) is 6. The predicted octanol–water partition coefficient (Wildman–Crippen LogP) is 1.97. The van der Waals surface area contributed by atoms with Crippen molar-refractivity contribution in [2.75, 3.05) is 18.2 Å². The first kappa shape index (κ1) is 15.2. The Balaban J connectivity index is 2.28. The molecule has 1 amide bonds. The smallest absolute Gasteiger partial charge is 0.293 e. The van der Waals surface area contributed by atoms with E-state index < -0.39 is 27.9 Å². The van der Waals surface area contributed by atoms with Crippen molar-refractivity contribution < 1.29 is 18.8 Å². The predicted molar refractivity (Wildman–Crippen MR) is 76.2 cm³/mol. The summed E-state index contributed by atoms with van der Waals surface area (Å²) in [5.41, 5.74) is 4.23. The Morgan fingerprint density at radius 2 is 2.18 bits per heavy atom. The number of pyridine rings is 1. The summed E-state index contributed by atoms with van der Waals surface area (Å²) in [6, 6.07) is 4.51. The summed E-state index contributed by atoms with van der Waals surface area (Å²) in [5, 5.41) is 13.2. The van der Waals surface area contributed by atoms with Gasteiger partial charge in [-0.15, -0.1) is 0 Å². The third-order valence-electron chi connectivity index (χ3n) is 2.76. The number of carbonyl (C=O) groups excluding carboxylic acids is 1. The second kappa shape index (κ2) is 6.04. The topological polar surface area (TPSA) is 120 Å². The molecule has 9 heteroatoms. The summed E-state index contributed by atoms with van der Waals surface area (Å²) >= 11 is 0. The van der Waals surface area contributed by atoms with Crippen LogP contribution in [0.1, 0.15) is 10.4 Å². The van der Waals surface area contributed by atoms with Crippen LogP contribution in [0.25, 0.3) is 0 Å². The monoisotopic (exact) mass is 306 g/mol. The van der Waals surface area contributed by atoms with Crippen molar-refractivity contribution in [3.8, 4) is 5.88 Å². The molecule has 0 fully saturated rings. The maximum Gasteiger partial charge on any atom is 0.293 e. The van der Waals surface area contributed by atoms with E-state index in [-0.39, 0.29) is 11.4 Å². The summed E-state index contributed by atoms with van der Waals surface area (Å²) in [6.45, 7) is 0. The van der Waals surface area contributed by atoms with Crippen LogP contribution < -0.4 is 15.8 Å². The number of rotatable bonds is 4. The van der Waals surface area contributed by atoms with Crippen molar-refractivity contribution in [3.05, 3.63) is 52.0 Å². The molecule has 0 aliphatic heterocycles. The van der Waals surface area contributed by atoms with Crippen LogP contribution >= 0.6 is 0 Å². The summed E-state index contributed by atoms with van der Waals surface area (Å²) in [7, 11) is 1.43. The van der Waals surface area contributed by atoms with Gasteiger partial charge in [-0.3, -0.25) is 14.9 Å². The zero-order valence-corrected chi connectivity index (χ0v) is 11.4. The molecule has 0 bridgehead atoms. The van der Waals surface area contributed by atoms with Crippen molar-refractivity contribution >= 4 is 23.0 Å². The zero-order chi connectivity index (χ0) is 16.3. The number of nitrogen functional groups attached to an aromatic ring is 1. The number of halogens is 1. The Morgan fingerprint density at radius 3 is 2.73 bits per heavy atom. The average molecular weight is 306 g/mol. The standard InChI is InChI=1S/C13H11FN4O4/c1-22-12-3-2-7(6-16-12)17-13(19)8-4-11(18(20)21)10(15)5-9(8)14/h2-6H,15H2,1H3,(H,17,19). The normalized spacial score (nSPS) is 10.1. The molecule has 0 aliphatic carbocycles. The lowest BCUT2D eigenvalue weighted by Crippen LogP contribution is -2.15. The number of carbonyl (C=O) groups is 1. The number of methoxy groups -OCH3 is 1. The van der Waals surface area contributed by atoms with Crippen LogP contribution in [0.5, 0.6) is 5.88 Å². The van der Waals surface area contributed by atoms with E-state index in [2.05, 4.69) is 10.3 Å². The first-order chi connectivity index (χ1) is 10.4. The maximum atomic E-state index is 13.8. The number of nitro groups is 1. The van der Waals surface area contributed by atoms with Gasteiger partial charge in [0.15, 0.2) is 0 Å². The number of ether oxygens (including phenoxy) is 1. The number of hydrogen-bond donors (Lipinski definition) is 2. The van der Waals surface area contributed by atoms with Crippen LogP contribution in [0.15, 0.2) is 30.5 Å². The number of aromatic nitrogens is 1. The lowest BCUT2D eigenvalue weighted by atomic mass is 10.1. The molecule has 0 spiro atoms. The van der Waals surface area contributed by atoms with E-state index in [1.54, 1.807) is 0 Å². The van der Waals surface area contributed by atoms with Crippen LogP contribution in [0, 0.1) is 15.9 Å². The Morgan fingerprint density at radius 1 is 1.45 bits per heavy atom. The fraction of sp³-hybridized carbons (Fsp3) is 0.0769. The van der Waals surface area contributed by atoms with Crippen LogP contribution in [-0.2, 0) is 0 Å². The van der Waals surface area contributed by atoms with Gasteiger partial charge in [-0.25, -0.2) is 9.37 Å². The van der Waals surface area contributed by atoms with Crippen LogP contribution in [-0.4, -0.2) is 22.9 Å². The minimum Gasteiger partial charge on any atom is -0.481 e. The molecule has 0 atom stereocenters. The highest BCUT2D eigenvalue weighted by molar-refractivity contribution is 6.05. The first-order valence-electron chi connectivity index (χ1n) is 5.97. The van der Waals surface area contributed by atoms with Crippen molar-refractivity contribution in [3.63, 3.8) is 0 Å². The van der Waals surface area contributed by atoms with Crippen molar-refractivity contribution in [1.82, 2.24) is 4.98 Å². The number of nitrogens with one attached hydrogen (secondary N) is 1. The van der Waals surface area contributed by atoms with Gasteiger partial charge in [-0.1, -0.05) is 0 Å². The quantitative estimate of drug-likeness (QED) is 0.506. The van der Waals surface area contributed by atoms with Gasteiger partial charge in [0.25, 0.3) is 11.6 Å². The molecule has 0 saturated carbocycles. The Bertz CT molecular complexity index is 734. The molecule has 0 radical (unpaired) electrons. The van der Waals surface area contributed by atoms with E-state index in [9.17, 15) is 19.3 Å². The molecule has 114 valence electrons. The summed E-state index contributed by atoms with van der Waals surface area (Å²) in [5.74, 6) is -1.47. The van der Waals surface area contributed by atoms with Crippen molar-refractivity contribution in [1.29, 1.82) is 0 Å². The van der Waals surface area contributed by atoms with Crippen LogP contribution in [0.4, 0.5) is 21.5 Å². The van der Waals surface area contributed by atoms with Crippen LogP contribution in [0.2, 0.25) is 0 Å². The van der Waals surface area contributed by atoms with E-state index in [1.807, 2.05) is 0 Å². The fourth-order valence-corrected chi connectivity index (χ4v) is 1.68. The number of nitrogens with zero attached hydrogens (tertiary/aromatic N) is 2. The number of nitro benzene ring substituents is 1. The van der Waals surface area contributed by atoms with E-state index >= 15 is 0 Å². The minimum atomic E-state index is -0.956. The van der Waals surface area contributed by atoms with E-state index in [1.165, 1.54) is 25.4 Å².